The summed E-state index contributed by atoms with van der Waals surface area (Å²) in [6, 6.07) is 17.3. The van der Waals surface area contributed by atoms with Crippen LogP contribution in [-0.4, -0.2) is 44.9 Å². The lowest BCUT2D eigenvalue weighted by atomic mass is 10.1. The number of thioether (sulfide) groups is 1. The number of carbonyl (C=O) groups is 1. The first-order chi connectivity index (χ1) is 18.0. The predicted molar refractivity (Wildman–Crippen MR) is 148 cm³/mol. The zero-order valence-corrected chi connectivity index (χ0v) is 21.6. The predicted octanol–water partition coefficient (Wildman–Crippen LogP) is 4.84. The first-order valence-corrected chi connectivity index (χ1v) is 12.6. The Kier molecular flexibility index (Phi) is 8.65. The highest BCUT2D eigenvalue weighted by Gasteiger charge is 2.14. The summed E-state index contributed by atoms with van der Waals surface area (Å²) in [5, 5.41) is 28.8. The number of rotatable bonds is 11. The Morgan fingerprint density at radius 1 is 1.24 bits per heavy atom. The van der Waals surface area contributed by atoms with Gasteiger partial charge in [0.15, 0.2) is 22.5 Å². The quantitative estimate of drug-likeness (QED) is 0.109. The molecule has 4 aromatic rings. The molecule has 0 aliphatic heterocycles. The monoisotopic (exact) mass is 536 g/mol. The number of benzene rings is 3. The smallest absolute Gasteiger partial charge is 0.250 e. The highest BCUT2D eigenvalue weighted by molar-refractivity contribution is 7.99. The van der Waals surface area contributed by atoms with E-state index in [9.17, 15) is 9.90 Å². The lowest BCUT2D eigenvalue weighted by molar-refractivity contribution is -0.118. The number of ether oxygens (including phenoxy) is 1. The minimum Gasteiger partial charge on any atom is -0.503 e. The maximum Gasteiger partial charge on any atom is 0.250 e. The van der Waals surface area contributed by atoms with Gasteiger partial charge in [-0.2, -0.15) is 5.10 Å². The van der Waals surface area contributed by atoms with E-state index in [0.717, 1.165) is 22.3 Å². The summed E-state index contributed by atoms with van der Waals surface area (Å²) in [4.78, 5) is 12.3. The van der Waals surface area contributed by atoms with E-state index in [1.807, 2.05) is 28.8 Å². The third-order valence-electron chi connectivity index (χ3n) is 5.34. The van der Waals surface area contributed by atoms with E-state index in [1.54, 1.807) is 12.1 Å². The third kappa shape index (κ3) is 6.41. The molecule has 11 heteroatoms. The van der Waals surface area contributed by atoms with Crippen molar-refractivity contribution in [1.29, 1.82) is 0 Å². The summed E-state index contributed by atoms with van der Waals surface area (Å²) in [6.45, 7) is 4.79. The first-order valence-electron chi connectivity index (χ1n) is 11.3. The first kappa shape index (κ1) is 26.1. The molecule has 190 valence electrons. The van der Waals surface area contributed by atoms with Crippen molar-refractivity contribution in [3.05, 3.63) is 83.7 Å². The van der Waals surface area contributed by atoms with Gasteiger partial charge in [-0.05, 0) is 29.1 Å². The molecule has 0 saturated heterocycles. The van der Waals surface area contributed by atoms with Crippen LogP contribution in [0, 0.1) is 0 Å². The molecule has 1 heterocycles. The second kappa shape index (κ2) is 12.3. The van der Waals surface area contributed by atoms with Crippen LogP contribution in [0.15, 0.2) is 77.5 Å². The van der Waals surface area contributed by atoms with Crippen molar-refractivity contribution in [3.8, 4) is 11.5 Å². The fraction of sp³-hybridized carbons (Fsp3) is 0.154. The van der Waals surface area contributed by atoms with Crippen molar-refractivity contribution in [2.24, 2.45) is 5.10 Å². The minimum absolute atomic E-state index is 0.0863. The third-order valence-corrected chi connectivity index (χ3v) is 6.59. The molecule has 0 spiro atoms. The number of phenolic OH excluding ortho intramolecular Hbond substituents is 1. The van der Waals surface area contributed by atoms with Crippen molar-refractivity contribution < 1.29 is 14.6 Å². The SMILES string of the molecule is C=CCn1c(CNc2cccc3ccccc23)nnc1SCC(=O)NN=Cc1cc(Cl)c(O)c(OC)c1. The summed E-state index contributed by atoms with van der Waals surface area (Å²) in [5.41, 5.74) is 4.03. The van der Waals surface area contributed by atoms with Gasteiger partial charge in [0.25, 0.3) is 5.91 Å². The number of carbonyl (C=O) groups excluding carboxylic acids is 1. The molecule has 1 aromatic heterocycles. The normalized spacial score (nSPS) is 11.1. The van der Waals surface area contributed by atoms with Crippen LogP contribution in [-0.2, 0) is 17.9 Å². The summed E-state index contributed by atoms with van der Waals surface area (Å²) in [7, 11) is 1.42. The molecule has 0 atom stereocenters. The average molecular weight is 537 g/mol. The van der Waals surface area contributed by atoms with Gasteiger partial charge in [-0.15, -0.1) is 16.8 Å². The number of aromatic hydroxyl groups is 1. The van der Waals surface area contributed by atoms with E-state index >= 15 is 0 Å². The number of hydrogen-bond acceptors (Lipinski definition) is 8. The van der Waals surface area contributed by atoms with Gasteiger partial charge < -0.3 is 19.7 Å². The Balaban J connectivity index is 1.36. The van der Waals surface area contributed by atoms with Crippen LogP contribution >= 0.6 is 23.4 Å². The number of nitrogens with one attached hydrogen (secondary N) is 2. The van der Waals surface area contributed by atoms with E-state index in [1.165, 1.54) is 31.2 Å². The number of methoxy groups -OCH3 is 1. The zero-order chi connectivity index (χ0) is 26.2. The van der Waals surface area contributed by atoms with E-state index in [4.69, 9.17) is 16.3 Å². The fourth-order valence-corrected chi connectivity index (χ4v) is 4.57. The second-order valence-corrected chi connectivity index (χ2v) is 9.16. The molecule has 3 N–H and O–H groups in total. The summed E-state index contributed by atoms with van der Waals surface area (Å²) < 4.78 is 6.98. The molecule has 0 radical (unpaired) electrons. The van der Waals surface area contributed by atoms with Crippen LogP contribution < -0.4 is 15.5 Å². The average Bonchev–Trinajstić information content (AvgIpc) is 3.29. The molecule has 0 aliphatic rings. The number of anilines is 1. The van der Waals surface area contributed by atoms with Gasteiger partial charge in [-0.1, -0.05) is 65.8 Å². The molecule has 1 amide bonds. The number of fused-ring (bicyclic) bond motifs is 1. The molecule has 37 heavy (non-hydrogen) atoms. The van der Waals surface area contributed by atoms with E-state index in [0.29, 0.717) is 23.8 Å². The van der Waals surface area contributed by atoms with Crippen molar-refractivity contribution in [2.45, 2.75) is 18.2 Å². The Labute approximate surface area is 223 Å². The van der Waals surface area contributed by atoms with Crippen LogP contribution in [0.1, 0.15) is 11.4 Å². The molecule has 3 aromatic carbocycles. The van der Waals surface area contributed by atoms with Crippen molar-refractivity contribution >= 4 is 51.9 Å². The summed E-state index contributed by atoms with van der Waals surface area (Å²) in [6.07, 6.45) is 3.17. The molecule has 0 fully saturated rings. The van der Waals surface area contributed by atoms with Gasteiger partial charge in [0.05, 0.1) is 30.6 Å². The second-order valence-electron chi connectivity index (χ2n) is 7.81. The number of allylic oxidation sites excluding steroid dienone is 1. The lowest BCUT2D eigenvalue weighted by Crippen LogP contribution is -2.20. The molecule has 0 bridgehead atoms. The van der Waals surface area contributed by atoms with Gasteiger partial charge in [-0.25, -0.2) is 5.43 Å². The number of amides is 1. The number of hydrogen-bond donors (Lipinski definition) is 3. The molecule has 0 aliphatic carbocycles. The number of phenols is 1. The van der Waals surface area contributed by atoms with E-state index in [-0.39, 0.29) is 28.2 Å². The molecule has 4 rings (SSSR count). The van der Waals surface area contributed by atoms with Gasteiger partial charge in [0.2, 0.25) is 0 Å². The van der Waals surface area contributed by atoms with Crippen LogP contribution in [0.25, 0.3) is 10.8 Å². The van der Waals surface area contributed by atoms with Crippen molar-refractivity contribution in [3.63, 3.8) is 0 Å². The Morgan fingerprint density at radius 2 is 2.05 bits per heavy atom. The van der Waals surface area contributed by atoms with Crippen LogP contribution in [0.3, 0.4) is 0 Å². The maximum absolute atomic E-state index is 12.3. The Bertz CT molecular complexity index is 1450. The number of nitrogens with zero attached hydrogens (tertiary/aromatic N) is 4. The van der Waals surface area contributed by atoms with Gasteiger partial charge in [0.1, 0.15) is 0 Å². The number of aromatic nitrogens is 3. The number of halogens is 1. The van der Waals surface area contributed by atoms with Gasteiger partial charge in [0, 0.05) is 17.6 Å². The fourth-order valence-electron chi connectivity index (χ4n) is 3.59. The van der Waals surface area contributed by atoms with Crippen LogP contribution in [0.5, 0.6) is 11.5 Å². The highest BCUT2D eigenvalue weighted by Crippen LogP contribution is 2.34. The lowest BCUT2D eigenvalue weighted by Gasteiger charge is -2.11. The number of hydrazone groups is 1. The van der Waals surface area contributed by atoms with Gasteiger partial charge in [-0.3, -0.25) is 4.79 Å². The maximum atomic E-state index is 12.3. The minimum atomic E-state index is -0.318. The zero-order valence-electron chi connectivity index (χ0n) is 20.0. The van der Waals surface area contributed by atoms with Crippen molar-refractivity contribution in [2.75, 3.05) is 18.2 Å². The standard InChI is InChI=1S/C26H25ClN6O3S/c1-3-11-33-23(15-28-21-10-6-8-18-7-4-5-9-19(18)21)30-32-26(33)37-16-24(34)31-29-14-17-12-20(27)25(35)22(13-17)36-2/h3-10,12-14,28,35H,1,11,15-16H2,2H3,(H,31,34). The summed E-state index contributed by atoms with van der Waals surface area (Å²) >= 11 is 7.22. The largest absolute Gasteiger partial charge is 0.503 e. The Hall–Kier alpha value is -4.02. The molecule has 0 saturated carbocycles. The summed E-state index contributed by atoms with van der Waals surface area (Å²) in [5.74, 6) is 0.553. The highest BCUT2D eigenvalue weighted by atomic mass is 35.5. The molecular formula is C26H25ClN6O3S. The van der Waals surface area contributed by atoms with Crippen molar-refractivity contribution in [1.82, 2.24) is 20.2 Å². The van der Waals surface area contributed by atoms with Gasteiger partial charge >= 0.3 is 0 Å². The Morgan fingerprint density at radius 3 is 2.86 bits per heavy atom. The molecular weight excluding hydrogens is 512 g/mol. The topological polar surface area (TPSA) is 114 Å². The molecule has 0 unspecified atom stereocenters. The molecule has 9 nitrogen and oxygen atoms in total. The van der Waals surface area contributed by atoms with E-state index < -0.39 is 0 Å². The van der Waals surface area contributed by atoms with E-state index in [2.05, 4.69) is 50.8 Å². The van der Waals surface area contributed by atoms with Crippen LogP contribution in [0.2, 0.25) is 5.02 Å². The van der Waals surface area contributed by atoms with Crippen LogP contribution in [0.4, 0.5) is 5.69 Å².